The standard InChI is InChI=1S/C25H24Cl2N2O2S/c1-16(13-23(30)28-15-17-7-8-20(26)21(27)14-17)25(31)29-11-9-22-19(10-12-32-22)24(29)18-5-3-2-4-6-18/h2-8,10,12,14,16,24H,9,11,13,15H2,1H3,(H,28,30). The Hall–Kier alpha value is -2.34. The van der Waals surface area contributed by atoms with Crippen LogP contribution in [0.25, 0.3) is 0 Å². The number of nitrogens with one attached hydrogen (secondary N) is 1. The fourth-order valence-electron chi connectivity index (χ4n) is 4.12. The summed E-state index contributed by atoms with van der Waals surface area (Å²) in [5.41, 5.74) is 3.14. The first-order chi connectivity index (χ1) is 15.4. The van der Waals surface area contributed by atoms with Gasteiger partial charge in [0.1, 0.15) is 0 Å². The molecular weight excluding hydrogens is 463 g/mol. The van der Waals surface area contributed by atoms with E-state index in [1.807, 2.05) is 36.1 Å². The molecule has 4 rings (SSSR count). The van der Waals surface area contributed by atoms with E-state index in [0.29, 0.717) is 23.1 Å². The second-order valence-corrected chi connectivity index (χ2v) is 9.84. The Kier molecular flexibility index (Phi) is 7.19. The number of carbonyl (C=O) groups excluding carboxylic acids is 2. The predicted octanol–water partition coefficient (Wildman–Crippen LogP) is 5.87. The van der Waals surface area contributed by atoms with Crippen molar-refractivity contribution in [3.63, 3.8) is 0 Å². The van der Waals surface area contributed by atoms with Crippen LogP contribution in [0.3, 0.4) is 0 Å². The molecule has 1 aromatic heterocycles. The smallest absolute Gasteiger partial charge is 0.226 e. The number of thiophene rings is 1. The lowest BCUT2D eigenvalue weighted by Crippen LogP contribution is -2.43. The highest BCUT2D eigenvalue weighted by atomic mass is 35.5. The van der Waals surface area contributed by atoms with E-state index < -0.39 is 5.92 Å². The molecule has 2 aromatic carbocycles. The number of hydrogen-bond acceptors (Lipinski definition) is 3. The van der Waals surface area contributed by atoms with E-state index in [1.165, 1.54) is 10.4 Å². The van der Waals surface area contributed by atoms with Gasteiger partial charge in [-0.2, -0.15) is 0 Å². The number of hydrogen-bond donors (Lipinski definition) is 1. The number of amides is 2. The summed E-state index contributed by atoms with van der Waals surface area (Å²) in [5, 5.41) is 5.90. The molecule has 7 heteroatoms. The van der Waals surface area contributed by atoms with Crippen molar-refractivity contribution in [2.45, 2.75) is 32.4 Å². The summed E-state index contributed by atoms with van der Waals surface area (Å²) in [6, 6.07) is 17.4. The fraction of sp³-hybridized carbons (Fsp3) is 0.280. The lowest BCUT2D eigenvalue weighted by atomic mass is 9.91. The minimum Gasteiger partial charge on any atom is -0.352 e. The van der Waals surface area contributed by atoms with Crippen LogP contribution in [0.5, 0.6) is 0 Å². The van der Waals surface area contributed by atoms with E-state index in [2.05, 4.69) is 28.9 Å². The summed E-state index contributed by atoms with van der Waals surface area (Å²) in [7, 11) is 0. The molecule has 2 unspecified atom stereocenters. The molecule has 1 aliphatic rings. The number of fused-ring (bicyclic) bond motifs is 1. The number of carbonyl (C=O) groups is 2. The molecule has 32 heavy (non-hydrogen) atoms. The topological polar surface area (TPSA) is 49.4 Å². The summed E-state index contributed by atoms with van der Waals surface area (Å²) < 4.78 is 0. The summed E-state index contributed by atoms with van der Waals surface area (Å²) in [6.07, 6.45) is 0.979. The highest BCUT2D eigenvalue weighted by molar-refractivity contribution is 7.10. The third-order valence-corrected chi connectivity index (χ3v) is 7.49. The van der Waals surface area contributed by atoms with Gasteiger partial charge >= 0.3 is 0 Å². The van der Waals surface area contributed by atoms with Crippen LogP contribution in [0.15, 0.2) is 60.0 Å². The Balaban J connectivity index is 1.43. The molecule has 2 amide bonds. The maximum atomic E-state index is 13.4. The van der Waals surface area contributed by atoms with Crippen LogP contribution in [-0.4, -0.2) is 23.3 Å². The molecule has 2 heterocycles. The number of halogens is 2. The zero-order valence-electron chi connectivity index (χ0n) is 17.7. The SMILES string of the molecule is CC(CC(=O)NCc1ccc(Cl)c(Cl)c1)C(=O)N1CCc2sccc2C1c1ccccc1. The van der Waals surface area contributed by atoms with E-state index in [-0.39, 0.29) is 24.3 Å². The normalized spacial score (nSPS) is 16.3. The number of nitrogens with zero attached hydrogens (tertiary/aromatic N) is 1. The van der Waals surface area contributed by atoms with Crippen molar-refractivity contribution in [2.75, 3.05) is 6.54 Å². The first-order valence-electron chi connectivity index (χ1n) is 10.6. The molecular formula is C25H24Cl2N2O2S. The Bertz CT molecular complexity index is 1120. The van der Waals surface area contributed by atoms with Crippen LogP contribution in [0.4, 0.5) is 0 Å². The van der Waals surface area contributed by atoms with E-state index in [1.54, 1.807) is 23.5 Å². The van der Waals surface area contributed by atoms with Crippen molar-refractivity contribution in [2.24, 2.45) is 5.92 Å². The van der Waals surface area contributed by atoms with Crippen molar-refractivity contribution in [3.05, 3.63) is 91.6 Å². The summed E-state index contributed by atoms with van der Waals surface area (Å²) >= 11 is 13.7. The van der Waals surface area contributed by atoms with Gasteiger partial charge in [0.15, 0.2) is 0 Å². The molecule has 1 aliphatic heterocycles. The van der Waals surface area contributed by atoms with E-state index >= 15 is 0 Å². The van der Waals surface area contributed by atoms with Gasteiger partial charge in [-0.3, -0.25) is 9.59 Å². The van der Waals surface area contributed by atoms with E-state index in [0.717, 1.165) is 17.5 Å². The van der Waals surface area contributed by atoms with Crippen molar-refractivity contribution >= 4 is 46.4 Å². The number of benzene rings is 2. The van der Waals surface area contributed by atoms with Gasteiger partial charge in [-0.1, -0.05) is 66.5 Å². The van der Waals surface area contributed by atoms with Gasteiger partial charge in [-0.05, 0) is 46.7 Å². The third-order valence-electron chi connectivity index (χ3n) is 5.75. The first-order valence-corrected chi connectivity index (χ1v) is 12.2. The summed E-state index contributed by atoms with van der Waals surface area (Å²) in [5.74, 6) is -0.586. The van der Waals surface area contributed by atoms with Crippen LogP contribution in [-0.2, 0) is 22.6 Å². The van der Waals surface area contributed by atoms with Gasteiger partial charge in [-0.15, -0.1) is 11.3 Å². The highest BCUT2D eigenvalue weighted by Crippen LogP contribution is 2.38. The molecule has 0 aliphatic carbocycles. The lowest BCUT2D eigenvalue weighted by molar-refractivity contribution is -0.139. The van der Waals surface area contributed by atoms with Crippen LogP contribution in [0.1, 0.15) is 41.0 Å². The maximum Gasteiger partial charge on any atom is 0.226 e. The monoisotopic (exact) mass is 486 g/mol. The van der Waals surface area contributed by atoms with Crippen LogP contribution < -0.4 is 5.32 Å². The zero-order valence-corrected chi connectivity index (χ0v) is 20.0. The van der Waals surface area contributed by atoms with Crippen molar-refractivity contribution in [1.82, 2.24) is 10.2 Å². The lowest BCUT2D eigenvalue weighted by Gasteiger charge is -2.37. The van der Waals surface area contributed by atoms with Crippen LogP contribution >= 0.6 is 34.5 Å². The Morgan fingerprint density at radius 1 is 1.12 bits per heavy atom. The summed E-state index contributed by atoms with van der Waals surface area (Å²) in [4.78, 5) is 29.2. The van der Waals surface area contributed by atoms with Gasteiger partial charge in [0.05, 0.1) is 16.1 Å². The molecule has 0 fully saturated rings. The minimum atomic E-state index is -0.421. The Morgan fingerprint density at radius 2 is 1.91 bits per heavy atom. The van der Waals surface area contributed by atoms with Crippen molar-refractivity contribution < 1.29 is 9.59 Å². The first kappa shape index (κ1) is 22.8. The molecule has 3 aromatic rings. The largest absolute Gasteiger partial charge is 0.352 e. The quantitative estimate of drug-likeness (QED) is 0.473. The molecule has 4 nitrogen and oxygen atoms in total. The molecule has 0 radical (unpaired) electrons. The number of rotatable bonds is 6. The fourth-order valence-corrected chi connectivity index (χ4v) is 5.34. The van der Waals surface area contributed by atoms with Crippen molar-refractivity contribution in [1.29, 1.82) is 0 Å². The third kappa shape index (κ3) is 5.01. The van der Waals surface area contributed by atoms with Gasteiger partial charge in [0.25, 0.3) is 0 Å². The average Bonchev–Trinajstić information content (AvgIpc) is 3.28. The van der Waals surface area contributed by atoms with E-state index in [9.17, 15) is 9.59 Å². The second kappa shape index (κ2) is 10.1. The second-order valence-electron chi connectivity index (χ2n) is 8.02. The maximum absolute atomic E-state index is 13.4. The van der Waals surface area contributed by atoms with Gasteiger partial charge < -0.3 is 10.2 Å². The molecule has 2 atom stereocenters. The van der Waals surface area contributed by atoms with E-state index in [4.69, 9.17) is 23.2 Å². The zero-order chi connectivity index (χ0) is 22.7. The molecule has 0 bridgehead atoms. The van der Waals surface area contributed by atoms with Gasteiger partial charge in [0.2, 0.25) is 11.8 Å². The molecule has 0 saturated heterocycles. The minimum absolute atomic E-state index is 0.000362. The van der Waals surface area contributed by atoms with Crippen LogP contribution in [0.2, 0.25) is 10.0 Å². The molecule has 166 valence electrons. The van der Waals surface area contributed by atoms with Crippen molar-refractivity contribution in [3.8, 4) is 0 Å². The summed E-state index contributed by atoms with van der Waals surface area (Å²) in [6.45, 7) is 2.82. The molecule has 0 saturated carbocycles. The Labute approximate surface area is 202 Å². The van der Waals surface area contributed by atoms with Crippen LogP contribution in [0, 0.1) is 5.92 Å². The Morgan fingerprint density at radius 3 is 2.66 bits per heavy atom. The van der Waals surface area contributed by atoms with Gasteiger partial charge in [-0.25, -0.2) is 0 Å². The highest BCUT2D eigenvalue weighted by Gasteiger charge is 2.35. The molecule has 0 spiro atoms. The molecule has 1 N–H and O–H groups in total. The predicted molar refractivity (Wildman–Crippen MR) is 130 cm³/mol. The average molecular weight is 487 g/mol. The van der Waals surface area contributed by atoms with Gasteiger partial charge in [0, 0.05) is 30.3 Å².